The van der Waals surface area contributed by atoms with E-state index in [1.165, 1.54) is 0 Å². The Kier molecular flexibility index (Phi) is 6.22. The topological polar surface area (TPSA) is 95.5 Å². The highest BCUT2D eigenvalue weighted by atomic mass is 32.2. The van der Waals surface area contributed by atoms with Gasteiger partial charge in [0.1, 0.15) is 0 Å². The van der Waals surface area contributed by atoms with Crippen LogP contribution < -0.4 is 9.44 Å². The number of nitrogens with one attached hydrogen (secondary N) is 2. The van der Waals surface area contributed by atoms with Crippen molar-refractivity contribution in [3.8, 4) is 0 Å². The Balaban J connectivity index is 2.28. The maximum absolute atomic E-state index is 11.6. The van der Waals surface area contributed by atoms with E-state index in [2.05, 4.69) is 9.44 Å². The van der Waals surface area contributed by atoms with Gasteiger partial charge in [-0.2, -0.15) is 8.42 Å². The van der Waals surface area contributed by atoms with Crippen LogP contribution in [0.15, 0.2) is 0 Å². The van der Waals surface area contributed by atoms with Gasteiger partial charge in [-0.15, -0.1) is 0 Å². The molecule has 0 aromatic heterocycles. The SMILES string of the molecule is CC(C)CNS(=O)(=O)NCC1CCC(C(=O)O)CC1. The number of carboxylic acids is 1. The summed E-state index contributed by atoms with van der Waals surface area (Å²) in [5.41, 5.74) is 0. The normalized spacial score (nSPS) is 24.6. The average Bonchev–Trinajstić information content (AvgIpc) is 2.35. The minimum atomic E-state index is -3.42. The molecule has 0 bridgehead atoms. The molecular weight excluding hydrogens is 268 g/mol. The molecule has 0 amide bonds. The Morgan fingerprint density at radius 1 is 1.21 bits per heavy atom. The van der Waals surface area contributed by atoms with Crippen LogP contribution in [0, 0.1) is 17.8 Å². The van der Waals surface area contributed by atoms with Gasteiger partial charge in [0.05, 0.1) is 5.92 Å². The first-order chi connectivity index (χ1) is 8.80. The summed E-state index contributed by atoms with van der Waals surface area (Å²) in [5.74, 6) is -0.488. The van der Waals surface area contributed by atoms with E-state index in [4.69, 9.17) is 5.11 Å². The van der Waals surface area contributed by atoms with Crippen molar-refractivity contribution in [3.63, 3.8) is 0 Å². The number of hydrogen-bond donors (Lipinski definition) is 3. The monoisotopic (exact) mass is 292 g/mol. The quantitative estimate of drug-likeness (QED) is 0.651. The van der Waals surface area contributed by atoms with E-state index < -0.39 is 16.2 Å². The molecule has 0 aromatic rings. The third-order valence-electron chi connectivity index (χ3n) is 3.44. The highest BCUT2D eigenvalue weighted by molar-refractivity contribution is 7.87. The summed E-state index contributed by atoms with van der Waals surface area (Å²) in [6.45, 7) is 4.69. The van der Waals surface area contributed by atoms with Crippen molar-refractivity contribution in [2.24, 2.45) is 17.8 Å². The van der Waals surface area contributed by atoms with E-state index >= 15 is 0 Å². The van der Waals surface area contributed by atoms with Crippen LogP contribution in [0.2, 0.25) is 0 Å². The van der Waals surface area contributed by atoms with Crippen LogP contribution in [0.25, 0.3) is 0 Å². The van der Waals surface area contributed by atoms with Crippen LogP contribution in [-0.4, -0.2) is 32.6 Å². The lowest BCUT2D eigenvalue weighted by Crippen LogP contribution is -2.41. The van der Waals surface area contributed by atoms with Gasteiger partial charge in [0.25, 0.3) is 10.2 Å². The fraction of sp³-hybridized carbons (Fsp3) is 0.917. The summed E-state index contributed by atoms with van der Waals surface area (Å²) in [6, 6.07) is 0. The lowest BCUT2D eigenvalue weighted by atomic mass is 9.82. The molecule has 0 atom stereocenters. The van der Waals surface area contributed by atoms with Crippen LogP contribution in [-0.2, 0) is 15.0 Å². The lowest BCUT2D eigenvalue weighted by molar-refractivity contribution is -0.143. The molecule has 7 heteroatoms. The zero-order chi connectivity index (χ0) is 14.5. The molecule has 0 heterocycles. The van der Waals surface area contributed by atoms with Crippen LogP contribution >= 0.6 is 0 Å². The van der Waals surface area contributed by atoms with E-state index in [1.807, 2.05) is 13.8 Å². The minimum absolute atomic E-state index is 0.242. The van der Waals surface area contributed by atoms with Gasteiger partial charge < -0.3 is 5.11 Å². The van der Waals surface area contributed by atoms with Crippen molar-refractivity contribution >= 4 is 16.2 Å². The first kappa shape index (κ1) is 16.4. The molecule has 0 saturated heterocycles. The molecule has 1 fully saturated rings. The molecule has 0 radical (unpaired) electrons. The Bertz CT molecular complexity index is 387. The molecule has 3 N–H and O–H groups in total. The number of hydrogen-bond acceptors (Lipinski definition) is 3. The Hall–Kier alpha value is -0.660. The molecule has 0 unspecified atom stereocenters. The number of aliphatic carboxylic acids is 1. The second-order valence-electron chi connectivity index (χ2n) is 5.65. The molecule has 1 rings (SSSR count). The summed E-state index contributed by atoms with van der Waals surface area (Å²) in [5, 5.41) is 8.88. The van der Waals surface area contributed by atoms with Gasteiger partial charge in [0, 0.05) is 13.1 Å². The van der Waals surface area contributed by atoms with Gasteiger partial charge in [-0.05, 0) is 37.5 Å². The van der Waals surface area contributed by atoms with Crippen molar-refractivity contribution in [3.05, 3.63) is 0 Å². The van der Waals surface area contributed by atoms with E-state index in [0.29, 0.717) is 25.9 Å². The van der Waals surface area contributed by atoms with E-state index in [9.17, 15) is 13.2 Å². The van der Waals surface area contributed by atoms with Gasteiger partial charge >= 0.3 is 5.97 Å². The standard InChI is InChI=1S/C12H24N2O4S/c1-9(2)7-13-19(17,18)14-8-10-3-5-11(6-4-10)12(15)16/h9-11,13-14H,3-8H2,1-2H3,(H,15,16). The molecule has 6 nitrogen and oxygen atoms in total. The van der Waals surface area contributed by atoms with Gasteiger partial charge in [-0.25, -0.2) is 9.44 Å². The molecule has 1 aliphatic rings. The zero-order valence-electron chi connectivity index (χ0n) is 11.6. The fourth-order valence-corrected chi connectivity index (χ4v) is 3.28. The fourth-order valence-electron chi connectivity index (χ4n) is 2.17. The maximum atomic E-state index is 11.6. The highest BCUT2D eigenvalue weighted by Gasteiger charge is 2.26. The molecule has 0 aromatic carbocycles. The maximum Gasteiger partial charge on any atom is 0.306 e. The summed E-state index contributed by atoms with van der Waals surface area (Å²) < 4.78 is 28.3. The summed E-state index contributed by atoms with van der Waals surface area (Å²) in [6.07, 6.45) is 2.82. The smallest absolute Gasteiger partial charge is 0.306 e. The molecule has 1 saturated carbocycles. The van der Waals surface area contributed by atoms with Crippen LogP contribution in [0.1, 0.15) is 39.5 Å². The summed E-state index contributed by atoms with van der Waals surface area (Å²) >= 11 is 0. The molecule has 0 spiro atoms. The second-order valence-corrected chi connectivity index (χ2v) is 7.23. The van der Waals surface area contributed by atoms with Crippen molar-refractivity contribution in [2.75, 3.05) is 13.1 Å². The van der Waals surface area contributed by atoms with Gasteiger partial charge in [-0.3, -0.25) is 4.79 Å². The molecule has 0 aliphatic heterocycles. The Morgan fingerprint density at radius 2 is 1.79 bits per heavy atom. The Morgan fingerprint density at radius 3 is 2.26 bits per heavy atom. The zero-order valence-corrected chi connectivity index (χ0v) is 12.4. The molecular formula is C12H24N2O4S. The van der Waals surface area contributed by atoms with E-state index in [1.54, 1.807) is 0 Å². The van der Waals surface area contributed by atoms with Crippen LogP contribution in [0.3, 0.4) is 0 Å². The van der Waals surface area contributed by atoms with Crippen molar-refractivity contribution in [2.45, 2.75) is 39.5 Å². The third-order valence-corrected chi connectivity index (χ3v) is 4.53. The Labute approximate surface area is 115 Å². The van der Waals surface area contributed by atoms with E-state index in [-0.39, 0.29) is 17.8 Å². The molecule has 1 aliphatic carbocycles. The van der Waals surface area contributed by atoms with Crippen LogP contribution in [0.4, 0.5) is 0 Å². The molecule has 112 valence electrons. The van der Waals surface area contributed by atoms with Crippen molar-refractivity contribution < 1.29 is 18.3 Å². The molecule has 19 heavy (non-hydrogen) atoms. The van der Waals surface area contributed by atoms with Crippen molar-refractivity contribution in [1.29, 1.82) is 0 Å². The lowest BCUT2D eigenvalue weighted by Gasteiger charge is -2.26. The van der Waals surface area contributed by atoms with Gasteiger partial charge in [-0.1, -0.05) is 13.8 Å². The second kappa shape index (κ2) is 7.21. The summed E-state index contributed by atoms with van der Waals surface area (Å²) in [4.78, 5) is 10.8. The van der Waals surface area contributed by atoms with Gasteiger partial charge in [0.15, 0.2) is 0 Å². The number of rotatable bonds is 7. The predicted molar refractivity (Wildman–Crippen MR) is 72.8 cm³/mol. The highest BCUT2D eigenvalue weighted by Crippen LogP contribution is 2.28. The minimum Gasteiger partial charge on any atom is -0.481 e. The summed E-state index contributed by atoms with van der Waals surface area (Å²) in [7, 11) is -3.42. The number of carbonyl (C=O) groups is 1. The third kappa shape index (κ3) is 6.35. The number of carboxylic acid groups (broad SMARTS) is 1. The average molecular weight is 292 g/mol. The van der Waals surface area contributed by atoms with Crippen LogP contribution in [0.5, 0.6) is 0 Å². The first-order valence-corrected chi connectivity index (χ1v) is 8.25. The van der Waals surface area contributed by atoms with E-state index in [0.717, 1.165) is 12.8 Å². The van der Waals surface area contributed by atoms with Crippen molar-refractivity contribution in [1.82, 2.24) is 9.44 Å². The largest absolute Gasteiger partial charge is 0.481 e. The van der Waals surface area contributed by atoms with Gasteiger partial charge in [0.2, 0.25) is 0 Å². The predicted octanol–water partition coefficient (Wildman–Crippen LogP) is 0.957. The first-order valence-electron chi connectivity index (χ1n) is 6.77.